The van der Waals surface area contributed by atoms with Crippen LogP contribution in [0, 0.1) is 0 Å². The van der Waals surface area contributed by atoms with Gasteiger partial charge in [-0.2, -0.15) is 0 Å². The van der Waals surface area contributed by atoms with E-state index in [-0.39, 0.29) is 11.5 Å². The Morgan fingerprint density at radius 1 is 1.12 bits per heavy atom. The van der Waals surface area contributed by atoms with E-state index in [9.17, 15) is 14.7 Å². The molecule has 5 heteroatoms. The van der Waals surface area contributed by atoms with E-state index in [0.717, 1.165) is 17.7 Å². The lowest BCUT2D eigenvalue weighted by Crippen LogP contribution is -2.36. The molecule has 0 atom stereocenters. The van der Waals surface area contributed by atoms with Crippen molar-refractivity contribution in [2.45, 2.75) is 13.0 Å². The van der Waals surface area contributed by atoms with Gasteiger partial charge in [-0.15, -0.1) is 0 Å². The molecule has 24 heavy (non-hydrogen) atoms. The van der Waals surface area contributed by atoms with Gasteiger partial charge >= 0.3 is 5.97 Å². The number of likely N-dealkylation sites (N-methyl/N-ethyl adjacent to an activating group) is 1. The van der Waals surface area contributed by atoms with Crippen molar-refractivity contribution in [2.75, 3.05) is 25.0 Å². The average Bonchev–Trinajstić information content (AvgIpc) is 2.70. The van der Waals surface area contributed by atoms with Crippen LogP contribution in [0.1, 0.15) is 21.5 Å². The maximum atomic E-state index is 12.5. The van der Waals surface area contributed by atoms with Crippen LogP contribution in [0.2, 0.25) is 0 Å². The van der Waals surface area contributed by atoms with Crippen LogP contribution >= 0.6 is 0 Å². The van der Waals surface area contributed by atoms with Crippen LogP contribution in [0.25, 0.3) is 0 Å². The molecule has 3 rings (SSSR count). The van der Waals surface area contributed by atoms with Gasteiger partial charge in [0.25, 0.3) is 0 Å². The quantitative estimate of drug-likeness (QED) is 0.938. The monoisotopic (exact) mass is 324 g/mol. The third kappa shape index (κ3) is 3.40. The number of nitrogens with zero attached hydrogens (tertiary/aromatic N) is 2. The molecule has 0 unspecified atom stereocenters. The molecule has 0 fully saturated rings. The molecule has 1 heterocycles. The summed E-state index contributed by atoms with van der Waals surface area (Å²) in [4.78, 5) is 27.4. The minimum absolute atomic E-state index is 0.0570. The van der Waals surface area contributed by atoms with Crippen molar-refractivity contribution >= 4 is 17.6 Å². The Bertz CT molecular complexity index is 758. The number of anilines is 1. The topological polar surface area (TPSA) is 60.9 Å². The van der Waals surface area contributed by atoms with E-state index in [1.165, 1.54) is 5.56 Å². The molecule has 0 aliphatic carbocycles. The van der Waals surface area contributed by atoms with Gasteiger partial charge in [0.15, 0.2) is 0 Å². The number of hydrogen-bond acceptors (Lipinski definition) is 3. The second-order valence-electron chi connectivity index (χ2n) is 6.06. The molecule has 1 amide bonds. The van der Waals surface area contributed by atoms with Gasteiger partial charge in [0.1, 0.15) is 0 Å². The number of carbonyl (C=O) groups is 2. The summed E-state index contributed by atoms with van der Waals surface area (Å²) in [7, 11) is 1.86. The lowest BCUT2D eigenvalue weighted by atomic mass is 10.1. The molecule has 0 radical (unpaired) electrons. The van der Waals surface area contributed by atoms with E-state index in [0.29, 0.717) is 19.6 Å². The molecule has 0 saturated heterocycles. The molecule has 0 spiro atoms. The first-order valence-corrected chi connectivity index (χ1v) is 7.93. The number of fused-ring (bicyclic) bond motifs is 1. The Kier molecular flexibility index (Phi) is 4.51. The largest absolute Gasteiger partial charge is 0.478 e. The average molecular weight is 324 g/mol. The van der Waals surface area contributed by atoms with Crippen molar-refractivity contribution in [3.05, 3.63) is 65.2 Å². The summed E-state index contributed by atoms with van der Waals surface area (Å²) >= 11 is 0. The fraction of sp³-hybridized carbons (Fsp3) is 0.263. The van der Waals surface area contributed by atoms with Crippen molar-refractivity contribution < 1.29 is 14.7 Å². The Morgan fingerprint density at radius 3 is 2.58 bits per heavy atom. The summed E-state index contributed by atoms with van der Waals surface area (Å²) < 4.78 is 0. The molecule has 1 aliphatic rings. The first kappa shape index (κ1) is 16.1. The van der Waals surface area contributed by atoms with E-state index in [1.807, 2.05) is 42.3 Å². The fourth-order valence-corrected chi connectivity index (χ4v) is 3.01. The Labute approximate surface area is 141 Å². The second-order valence-corrected chi connectivity index (χ2v) is 6.06. The molecule has 1 aliphatic heterocycles. The number of benzene rings is 2. The van der Waals surface area contributed by atoms with Crippen molar-refractivity contribution in [3.63, 3.8) is 0 Å². The van der Waals surface area contributed by atoms with E-state index < -0.39 is 5.97 Å². The van der Waals surface area contributed by atoms with Gasteiger partial charge in [0.2, 0.25) is 5.91 Å². The SMILES string of the molecule is CN1CC(=O)N(CCc2ccccc2)Cc2cc(C(=O)O)ccc21. The number of aromatic carboxylic acids is 1. The van der Waals surface area contributed by atoms with Crippen molar-refractivity contribution in [1.29, 1.82) is 0 Å². The van der Waals surface area contributed by atoms with Crippen molar-refractivity contribution in [3.8, 4) is 0 Å². The summed E-state index contributed by atoms with van der Waals surface area (Å²) in [6.07, 6.45) is 0.782. The Balaban J connectivity index is 1.82. The van der Waals surface area contributed by atoms with Crippen LogP contribution in [0.5, 0.6) is 0 Å². The van der Waals surface area contributed by atoms with Gasteiger partial charge < -0.3 is 14.9 Å². The highest BCUT2D eigenvalue weighted by Gasteiger charge is 2.24. The van der Waals surface area contributed by atoms with Gasteiger partial charge in [-0.3, -0.25) is 4.79 Å². The van der Waals surface area contributed by atoms with Gasteiger partial charge in [-0.1, -0.05) is 30.3 Å². The lowest BCUT2D eigenvalue weighted by molar-refractivity contribution is -0.130. The summed E-state index contributed by atoms with van der Waals surface area (Å²) in [5.41, 5.74) is 3.22. The zero-order valence-corrected chi connectivity index (χ0v) is 13.6. The number of carboxylic acid groups (broad SMARTS) is 1. The van der Waals surface area contributed by atoms with E-state index >= 15 is 0 Å². The van der Waals surface area contributed by atoms with Crippen LogP contribution in [0.4, 0.5) is 5.69 Å². The number of carboxylic acids is 1. The van der Waals surface area contributed by atoms with Crippen LogP contribution in [0.3, 0.4) is 0 Å². The van der Waals surface area contributed by atoms with Crippen molar-refractivity contribution in [2.24, 2.45) is 0 Å². The van der Waals surface area contributed by atoms with Gasteiger partial charge in [-0.25, -0.2) is 4.79 Å². The molecular formula is C19H20N2O3. The summed E-state index contributed by atoms with van der Waals surface area (Å²) in [5, 5.41) is 9.20. The first-order valence-electron chi connectivity index (χ1n) is 7.93. The minimum atomic E-state index is -0.952. The smallest absolute Gasteiger partial charge is 0.335 e. The highest BCUT2D eigenvalue weighted by molar-refractivity contribution is 5.89. The van der Waals surface area contributed by atoms with Crippen molar-refractivity contribution in [1.82, 2.24) is 4.90 Å². The highest BCUT2D eigenvalue weighted by Crippen LogP contribution is 2.26. The summed E-state index contributed by atoms with van der Waals surface area (Å²) in [5.74, 6) is -0.895. The molecule has 0 saturated carbocycles. The molecule has 1 N–H and O–H groups in total. The lowest BCUT2D eigenvalue weighted by Gasteiger charge is -2.21. The van der Waals surface area contributed by atoms with Gasteiger partial charge in [0.05, 0.1) is 12.1 Å². The number of amides is 1. The standard InChI is InChI=1S/C19H20N2O3/c1-20-13-18(22)21(10-9-14-5-3-2-4-6-14)12-16-11-15(19(23)24)7-8-17(16)20/h2-8,11H,9-10,12-13H2,1H3,(H,23,24). The second kappa shape index (κ2) is 6.74. The van der Waals surface area contributed by atoms with E-state index in [4.69, 9.17) is 0 Å². The maximum Gasteiger partial charge on any atom is 0.335 e. The number of rotatable bonds is 4. The number of carbonyl (C=O) groups excluding carboxylic acids is 1. The molecule has 0 aromatic heterocycles. The molecule has 2 aromatic rings. The fourth-order valence-electron chi connectivity index (χ4n) is 3.01. The van der Waals surface area contributed by atoms with Gasteiger partial charge in [-0.05, 0) is 35.7 Å². The highest BCUT2D eigenvalue weighted by atomic mass is 16.4. The van der Waals surface area contributed by atoms with Crippen LogP contribution in [-0.2, 0) is 17.8 Å². The maximum absolute atomic E-state index is 12.5. The zero-order chi connectivity index (χ0) is 17.1. The zero-order valence-electron chi connectivity index (χ0n) is 13.6. The molecule has 5 nitrogen and oxygen atoms in total. The minimum Gasteiger partial charge on any atom is -0.478 e. The molecular weight excluding hydrogens is 304 g/mol. The van der Waals surface area contributed by atoms with E-state index in [1.54, 1.807) is 23.1 Å². The summed E-state index contributed by atoms with van der Waals surface area (Å²) in [6, 6.07) is 15.1. The first-order chi connectivity index (χ1) is 11.5. The Morgan fingerprint density at radius 2 is 1.88 bits per heavy atom. The van der Waals surface area contributed by atoms with Gasteiger partial charge in [0, 0.05) is 25.8 Å². The van der Waals surface area contributed by atoms with Crippen LogP contribution in [0.15, 0.2) is 48.5 Å². The van der Waals surface area contributed by atoms with Crippen LogP contribution < -0.4 is 4.90 Å². The predicted molar refractivity (Wildman–Crippen MR) is 92.2 cm³/mol. The third-order valence-corrected chi connectivity index (χ3v) is 4.34. The molecule has 0 bridgehead atoms. The number of hydrogen-bond donors (Lipinski definition) is 1. The molecule has 2 aromatic carbocycles. The van der Waals surface area contributed by atoms with E-state index in [2.05, 4.69) is 0 Å². The third-order valence-electron chi connectivity index (χ3n) is 4.34. The predicted octanol–water partition coefficient (Wildman–Crippen LogP) is 2.41. The van der Waals surface area contributed by atoms with Crippen LogP contribution in [-0.4, -0.2) is 42.0 Å². The normalized spacial score (nSPS) is 14.3. The molecule has 124 valence electrons. The Hall–Kier alpha value is -2.82. The summed E-state index contributed by atoms with van der Waals surface area (Å²) in [6.45, 7) is 1.36.